The predicted molar refractivity (Wildman–Crippen MR) is 107 cm³/mol. The second-order valence-electron chi connectivity index (χ2n) is 7.45. The molecule has 2 aromatic carbocycles. The van der Waals surface area contributed by atoms with E-state index in [0.717, 1.165) is 22.1 Å². The van der Waals surface area contributed by atoms with E-state index in [1.807, 2.05) is 49.4 Å². The number of allylic oxidation sites excluding steroid dienone is 1. The minimum absolute atomic E-state index is 0.440. The van der Waals surface area contributed by atoms with E-state index >= 15 is 0 Å². The number of para-hydroxylation sites is 1. The van der Waals surface area contributed by atoms with Gasteiger partial charge in [-0.05, 0) is 37.1 Å². The van der Waals surface area contributed by atoms with Gasteiger partial charge in [0.25, 0.3) is 0 Å². The van der Waals surface area contributed by atoms with Gasteiger partial charge in [0, 0.05) is 5.56 Å². The van der Waals surface area contributed by atoms with Crippen LogP contribution >= 0.6 is 0 Å². The van der Waals surface area contributed by atoms with Crippen molar-refractivity contribution in [2.45, 2.75) is 24.7 Å². The van der Waals surface area contributed by atoms with Gasteiger partial charge in [0.2, 0.25) is 5.79 Å². The Morgan fingerprint density at radius 2 is 1.55 bits per heavy atom. The molecule has 1 spiro atoms. The number of rotatable bonds is 2. The molecule has 3 aromatic rings. The van der Waals surface area contributed by atoms with Gasteiger partial charge in [-0.15, -0.1) is 0 Å². The van der Waals surface area contributed by atoms with E-state index < -0.39 is 22.7 Å². The Labute approximate surface area is 166 Å². The first-order valence-electron chi connectivity index (χ1n) is 9.63. The van der Waals surface area contributed by atoms with Crippen LogP contribution in [0.15, 0.2) is 76.3 Å². The molecule has 1 N–H and O–H groups in total. The molecular formula is C22H21N3O4. The summed E-state index contributed by atoms with van der Waals surface area (Å²) in [6.07, 6.45) is 4.55. The summed E-state index contributed by atoms with van der Waals surface area (Å²) >= 11 is 0. The monoisotopic (exact) mass is 391 g/mol. The minimum atomic E-state index is -0.958. The Balaban J connectivity index is 1.71. The van der Waals surface area contributed by atoms with Crippen LogP contribution in [-0.2, 0) is 20.8 Å². The number of aromatic amines is 1. The molecule has 2 aliphatic rings. The van der Waals surface area contributed by atoms with Crippen molar-refractivity contribution in [2.24, 2.45) is 0 Å². The topological polar surface area (TPSA) is 78.2 Å². The van der Waals surface area contributed by atoms with Gasteiger partial charge < -0.3 is 9.47 Å². The molecule has 1 fully saturated rings. The number of nitrogens with one attached hydrogen (secondary N) is 1. The van der Waals surface area contributed by atoms with Crippen molar-refractivity contribution in [3.8, 4) is 5.69 Å². The molecule has 148 valence electrons. The zero-order chi connectivity index (χ0) is 20.1. The highest BCUT2D eigenvalue weighted by molar-refractivity contribution is 5.46. The van der Waals surface area contributed by atoms with Crippen molar-refractivity contribution < 1.29 is 9.47 Å². The highest BCUT2D eigenvalue weighted by atomic mass is 16.7. The number of hydrogen-bond donors (Lipinski definition) is 1. The third-order valence-corrected chi connectivity index (χ3v) is 5.67. The van der Waals surface area contributed by atoms with Gasteiger partial charge in [-0.1, -0.05) is 48.5 Å². The summed E-state index contributed by atoms with van der Waals surface area (Å²) < 4.78 is 14.5. The molecule has 0 amide bonds. The van der Waals surface area contributed by atoms with Crippen LogP contribution in [0.2, 0.25) is 0 Å². The summed E-state index contributed by atoms with van der Waals surface area (Å²) in [6.45, 7) is 3.08. The summed E-state index contributed by atoms with van der Waals surface area (Å²) in [7, 11) is 0. The molecule has 0 bridgehead atoms. The Kier molecular flexibility index (Phi) is 3.97. The Bertz CT molecular complexity index is 1200. The number of H-pyrrole nitrogens is 1. The van der Waals surface area contributed by atoms with Crippen LogP contribution in [0.4, 0.5) is 0 Å². The number of ether oxygens (including phenoxy) is 2. The molecule has 7 nitrogen and oxygen atoms in total. The van der Waals surface area contributed by atoms with Crippen molar-refractivity contribution in [1.29, 1.82) is 0 Å². The van der Waals surface area contributed by atoms with E-state index in [9.17, 15) is 9.59 Å². The summed E-state index contributed by atoms with van der Waals surface area (Å²) in [5, 5.41) is 2.73. The number of aromatic nitrogens is 3. The smallest absolute Gasteiger partial charge is 0.343 e. The van der Waals surface area contributed by atoms with Crippen LogP contribution in [0.25, 0.3) is 5.69 Å². The Morgan fingerprint density at radius 3 is 2.28 bits per heavy atom. The van der Waals surface area contributed by atoms with E-state index in [-0.39, 0.29) is 0 Å². The maximum absolute atomic E-state index is 13.3. The fourth-order valence-electron chi connectivity index (χ4n) is 4.17. The van der Waals surface area contributed by atoms with Crippen molar-refractivity contribution in [3.63, 3.8) is 0 Å². The number of fused-ring (bicyclic) bond motifs is 2. The highest BCUT2D eigenvalue weighted by Gasteiger charge is 2.45. The van der Waals surface area contributed by atoms with Gasteiger partial charge in [0.05, 0.1) is 18.9 Å². The summed E-state index contributed by atoms with van der Waals surface area (Å²) in [5.41, 5.74) is 0.369. The predicted octanol–water partition coefficient (Wildman–Crippen LogP) is 2.25. The van der Waals surface area contributed by atoms with E-state index in [1.165, 1.54) is 4.68 Å². The molecular weight excluding hydrogens is 370 g/mol. The van der Waals surface area contributed by atoms with Crippen LogP contribution < -0.4 is 11.4 Å². The lowest BCUT2D eigenvalue weighted by molar-refractivity contribution is -0.246. The van der Waals surface area contributed by atoms with Crippen LogP contribution in [0.1, 0.15) is 24.5 Å². The molecule has 1 aliphatic carbocycles. The van der Waals surface area contributed by atoms with Gasteiger partial charge in [-0.2, -0.15) is 0 Å². The third kappa shape index (κ3) is 2.58. The zero-order valence-corrected chi connectivity index (χ0v) is 16.0. The lowest BCUT2D eigenvalue weighted by atomic mass is 9.79. The molecule has 0 saturated carbocycles. The first-order valence-corrected chi connectivity index (χ1v) is 9.63. The third-order valence-electron chi connectivity index (χ3n) is 5.67. The first kappa shape index (κ1) is 17.9. The standard InChI is InChI=1S/C22H21N3O4/c1-21(25-20(27)24(19(26)23-25)16-8-3-2-4-9-16)12-13-22(28-14-7-15-29-22)18-11-6-5-10-17(18)21/h2-6,8-13H,7,14-15H2,1H3,(H,23,26). The normalized spacial score (nSPS) is 22.5. The fraction of sp³-hybridized carbons (Fsp3) is 0.273. The average Bonchev–Trinajstić information content (AvgIpc) is 3.07. The lowest BCUT2D eigenvalue weighted by Gasteiger charge is -2.43. The van der Waals surface area contributed by atoms with Crippen molar-refractivity contribution in [1.82, 2.24) is 14.3 Å². The van der Waals surface area contributed by atoms with Crippen LogP contribution in [0.3, 0.4) is 0 Å². The molecule has 1 unspecified atom stereocenters. The minimum Gasteiger partial charge on any atom is -0.343 e. The van der Waals surface area contributed by atoms with Crippen LogP contribution in [0, 0.1) is 0 Å². The van der Waals surface area contributed by atoms with Gasteiger partial charge in [0.15, 0.2) is 0 Å². The molecule has 1 aliphatic heterocycles. The number of hydrogen-bond acceptors (Lipinski definition) is 4. The molecule has 1 atom stereocenters. The molecule has 5 rings (SSSR count). The van der Waals surface area contributed by atoms with E-state index in [1.54, 1.807) is 24.3 Å². The molecule has 2 heterocycles. The maximum atomic E-state index is 13.3. The van der Waals surface area contributed by atoms with Gasteiger partial charge >= 0.3 is 11.4 Å². The molecule has 0 radical (unpaired) electrons. The fourth-order valence-corrected chi connectivity index (χ4v) is 4.17. The van der Waals surface area contributed by atoms with Gasteiger partial charge in [0.1, 0.15) is 5.54 Å². The molecule has 7 heteroatoms. The SMILES string of the molecule is CC1(n2[nH]c(=O)n(-c3ccccc3)c2=O)C=CC2(OCCCO2)c2ccccc21. The summed E-state index contributed by atoms with van der Waals surface area (Å²) in [5.74, 6) is -0.958. The quantitative estimate of drug-likeness (QED) is 0.680. The van der Waals surface area contributed by atoms with Crippen LogP contribution in [0.5, 0.6) is 0 Å². The first-order chi connectivity index (χ1) is 14.1. The molecule has 29 heavy (non-hydrogen) atoms. The van der Waals surface area contributed by atoms with Crippen molar-refractivity contribution in [2.75, 3.05) is 13.2 Å². The summed E-state index contributed by atoms with van der Waals surface area (Å²) in [4.78, 5) is 25.9. The van der Waals surface area contributed by atoms with E-state index in [4.69, 9.17) is 9.47 Å². The van der Waals surface area contributed by atoms with Crippen molar-refractivity contribution >= 4 is 0 Å². The largest absolute Gasteiger partial charge is 0.352 e. The summed E-state index contributed by atoms with van der Waals surface area (Å²) in [6, 6.07) is 16.6. The average molecular weight is 391 g/mol. The number of nitrogens with zero attached hydrogens (tertiary/aromatic N) is 2. The van der Waals surface area contributed by atoms with E-state index in [0.29, 0.717) is 18.9 Å². The zero-order valence-electron chi connectivity index (χ0n) is 16.0. The number of benzene rings is 2. The second-order valence-corrected chi connectivity index (χ2v) is 7.45. The van der Waals surface area contributed by atoms with Crippen molar-refractivity contribution in [3.05, 3.63) is 98.8 Å². The van der Waals surface area contributed by atoms with Gasteiger partial charge in [-0.3, -0.25) is 0 Å². The van der Waals surface area contributed by atoms with Gasteiger partial charge in [-0.25, -0.2) is 23.9 Å². The second kappa shape index (κ2) is 6.43. The molecule has 1 aromatic heterocycles. The maximum Gasteiger partial charge on any atom is 0.352 e. The van der Waals surface area contributed by atoms with E-state index in [2.05, 4.69) is 5.10 Å². The Morgan fingerprint density at radius 1 is 0.897 bits per heavy atom. The Hall–Kier alpha value is -3.16. The van der Waals surface area contributed by atoms with Crippen LogP contribution in [-0.4, -0.2) is 27.6 Å². The molecule has 1 saturated heterocycles. The lowest BCUT2D eigenvalue weighted by Crippen LogP contribution is -2.47. The highest BCUT2D eigenvalue weighted by Crippen LogP contribution is 2.44.